The van der Waals surface area contributed by atoms with E-state index in [4.69, 9.17) is 4.74 Å². The second kappa shape index (κ2) is 11.6. The molecule has 2 aromatic rings. The van der Waals surface area contributed by atoms with Crippen molar-refractivity contribution in [2.45, 2.75) is 70.5 Å². The number of nitrogens with zero attached hydrogens (tertiary/aromatic N) is 1. The third kappa shape index (κ3) is 5.68. The fourth-order valence-electron chi connectivity index (χ4n) is 6.24. The van der Waals surface area contributed by atoms with E-state index in [-0.39, 0.29) is 11.3 Å². The molecule has 3 saturated heterocycles. The van der Waals surface area contributed by atoms with Gasteiger partial charge in [-0.2, -0.15) is 0 Å². The molecule has 3 unspecified atom stereocenters. The minimum absolute atomic E-state index is 0.106. The summed E-state index contributed by atoms with van der Waals surface area (Å²) in [5.74, 6) is 1.93. The van der Waals surface area contributed by atoms with E-state index in [1.165, 1.54) is 48.2 Å². The lowest BCUT2D eigenvalue weighted by Gasteiger charge is -2.54. The highest BCUT2D eigenvalue weighted by Gasteiger charge is 2.46. The largest absolute Gasteiger partial charge is 0.496 e. The van der Waals surface area contributed by atoms with Crippen LogP contribution in [0.5, 0.6) is 5.75 Å². The average Bonchev–Trinajstić information content (AvgIpc) is 2.89. The van der Waals surface area contributed by atoms with Crippen molar-refractivity contribution in [1.82, 2.24) is 10.2 Å². The number of ether oxygens (including phenoxy) is 1. The Balaban J connectivity index is 1.71. The van der Waals surface area contributed by atoms with E-state index < -0.39 is 0 Å². The molecule has 0 saturated carbocycles. The molecule has 3 nitrogen and oxygen atoms in total. The highest BCUT2D eigenvalue weighted by Crippen LogP contribution is 2.43. The summed E-state index contributed by atoms with van der Waals surface area (Å²) < 4.78 is 5.78. The van der Waals surface area contributed by atoms with Gasteiger partial charge in [-0.05, 0) is 67.0 Å². The van der Waals surface area contributed by atoms with Crippen LogP contribution in [0.15, 0.2) is 85.0 Å². The second-order valence-corrected chi connectivity index (χ2v) is 11.3. The van der Waals surface area contributed by atoms with Crippen LogP contribution in [0.2, 0.25) is 0 Å². The smallest absolute Gasteiger partial charge is 0.123 e. The van der Waals surface area contributed by atoms with Crippen molar-refractivity contribution in [3.05, 3.63) is 102 Å². The number of rotatable bonds is 9. The maximum Gasteiger partial charge on any atom is 0.123 e. The van der Waals surface area contributed by atoms with Gasteiger partial charge in [0.05, 0.1) is 7.11 Å². The molecule has 36 heavy (non-hydrogen) atoms. The van der Waals surface area contributed by atoms with Crippen molar-refractivity contribution < 1.29 is 4.74 Å². The summed E-state index contributed by atoms with van der Waals surface area (Å²) >= 11 is 0. The molecule has 2 bridgehead atoms. The summed E-state index contributed by atoms with van der Waals surface area (Å²) in [6, 6.07) is 18.5. The molecule has 3 heterocycles. The van der Waals surface area contributed by atoms with E-state index in [1.807, 2.05) is 6.08 Å². The number of methoxy groups -OCH3 is 1. The van der Waals surface area contributed by atoms with Crippen molar-refractivity contribution in [3.8, 4) is 5.75 Å². The molecule has 3 atom stereocenters. The molecular weight excluding hydrogens is 440 g/mol. The maximum absolute atomic E-state index is 5.78. The van der Waals surface area contributed by atoms with Gasteiger partial charge in [-0.1, -0.05) is 94.1 Å². The molecule has 1 N–H and O–H groups in total. The average molecular weight is 485 g/mol. The van der Waals surface area contributed by atoms with Crippen LogP contribution in [-0.2, 0) is 12.0 Å². The summed E-state index contributed by atoms with van der Waals surface area (Å²) in [6.45, 7) is 16.1. The highest BCUT2D eigenvalue weighted by atomic mass is 16.5. The first-order valence-electron chi connectivity index (χ1n) is 13.5. The summed E-state index contributed by atoms with van der Waals surface area (Å²) in [7, 11) is 1.78. The lowest BCUT2D eigenvalue weighted by atomic mass is 9.70. The number of allylic oxidation sites excluding steroid dienone is 4. The lowest BCUT2D eigenvalue weighted by molar-refractivity contribution is 0.00452. The van der Waals surface area contributed by atoms with Crippen molar-refractivity contribution in [2.75, 3.05) is 20.2 Å². The Morgan fingerprint density at radius 2 is 1.86 bits per heavy atom. The first-order chi connectivity index (χ1) is 17.4. The van der Waals surface area contributed by atoms with Crippen molar-refractivity contribution in [2.24, 2.45) is 5.92 Å². The van der Waals surface area contributed by atoms with Gasteiger partial charge in [-0.3, -0.25) is 4.90 Å². The van der Waals surface area contributed by atoms with Gasteiger partial charge in [0.25, 0.3) is 0 Å². The van der Waals surface area contributed by atoms with Gasteiger partial charge in [-0.25, -0.2) is 0 Å². The van der Waals surface area contributed by atoms with Crippen LogP contribution in [0.3, 0.4) is 0 Å². The highest BCUT2D eigenvalue weighted by molar-refractivity contribution is 5.41. The molecule has 5 rings (SSSR count). The van der Waals surface area contributed by atoms with E-state index in [2.05, 4.69) is 111 Å². The van der Waals surface area contributed by atoms with Crippen LogP contribution < -0.4 is 10.1 Å². The molecule has 0 spiro atoms. The van der Waals surface area contributed by atoms with Crippen molar-refractivity contribution in [1.29, 1.82) is 0 Å². The Labute approximate surface area is 218 Å². The molecule has 0 radical (unpaired) electrons. The summed E-state index contributed by atoms with van der Waals surface area (Å²) in [5, 5.41) is 4.06. The van der Waals surface area contributed by atoms with Gasteiger partial charge in [0.2, 0.25) is 0 Å². The zero-order chi connectivity index (χ0) is 25.7. The van der Waals surface area contributed by atoms with E-state index >= 15 is 0 Å². The number of hydrogen-bond acceptors (Lipinski definition) is 3. The Morgan fingerprint density at radius 3 is 2.47 bits per heavy atom. The number of benzene rings is 2. The molecule has 3 aliphatic heterocycles. The van der Waals surface area contributed by atoms with Gasteiger partial charge in [0.15, 0.2) is 0 Å². The number of piperidine rings is 3. The van der Waals surface area contributed by atoms with Gasteiger partial charge in [-0.15, -0.1) is 0 Å². The quantitative estimate of drug-likeness (QED) is 0.387. The van der Waals surface area contributed by atoms with Gasteiger partial charge >= 0.3 is 0 Å². The predicted octanol–water partition coefficient (Wildman–Crippen LogP) is 7.02. The Kier molecular flexibility index (Phi) is 8.54. The molecule has 0 aromatic heterocycles. The molecule has 2 aromatic carbocycles. The van der Waals surface area contributed by atoms with Crippen LogP contribution in [0.25, 0.3) is 0 Å². The van der Waals surface area contributed by atoms with Crippen molar-refractivity contribution in [3.63, 3.8) is 0 Å². The van der Waals surface area contributed by atoms with Crippen molar-refractivity contribution >= 4 is 0 Å². The van der Waals surface area contributed by atoms with E-state index in [9.17, 15) is 0 Å². The van der Waals surface area contributed by atoms with Crippen LogP contribution in [0.1, 0.15) is 63.1 Å². The molecule has 3 heteroatoms. The zero-order valence-electron chi connectivity index (χ0n) is 22.8. The normalized spacial score (nSPS) is 25.2. The summed E-state index contributed by atoms with van der Waals surface area (Å²) in [4.78, 5) is 2.73. The molecule has 0 aliphatic carbocycles. The SMILES string of the molecule is C=C/C=C(\C=C/C)C(c1ccccc1)C1C(NCc2cc(C(C)(C)C)ccc2OC)C2CCN1CC2. The number of hydrogen-bond donors (Lipinski definition) is 1. The molecule has 3 fully saturated rings. The van der Waals surface area contributed by atoms with E-state index in [0.717, 1.165) is 12.3 Å². The third-order valence-electron chi connectivity index (χ3n) is 8.08. The summed E-state index contributed by atoms with van der Waals surface area (Å²) in [5.41, 5.74) is 5.40. The monoisotopic (exact) mass is 484 g/mol. The van der Waals surface area contributed by atoms with E-state index in [1.54, 1.807) is 7.11 Å². The maximum atomic E-state index is 5.78. The number of fused-ring (bicyclic) bond motifs is 3. The van der Waals surface area contributed by atoms with Crippen LogP contribution >= 0.6 is 0 Å². The molecule has 3 aliphatic rings. The van der Waals surface area contributed by atoms with Gasteiger partial charge in [0, 0.05) is 30.1 Å². The Bertz CT molecular complexity index is 1070. The fraction of sp³-hybridized carbons (Fsp3) is 0.455. The first-order valence-corrected chi connectivity index (χ1v) is 13.5. The summed E-state index contributed by atoms with van der Waals surface area (Å²) in [6.07, 6.45) is 11.1. The molecule has 192 valence electrons. The van der Waals surface area contributed by atoms with E-state index in [0.29, 0.717) is 18.0 Å². The topological polar surface area (TPSA) is 24.5 Å². The Hall–Kier alpha value is -2.62. The zero-order valence-corrected chi connectivity index (χ0v) is 22.8. The minimum atomic E-state index is 0.106. The van der Waals surface area contributed by atoms with Crippen LogP contribution in [0, 0.1) is 5.92 Å². The van der Waals surface area contributed by atoms with Gasteiger partial charge in [0.1, 0.15) is 5.75 Å². The fourth-order valence-corrected chi connectivity index (χ4v) is 6.24. The van der Waals surface area contributed by atoms with Gasteiger partial charge < -0.3 is 10.1 Å². The van der Waals surface area contributed by atoms with Crippen LogP contribution in [-0.4, -0.2) is 37.2 Å². The molecular formula is C33H44N2O. The van der Waals surface area contributed by atoms with Crippen LogP contribution in [0.4, 0.5) is 0 Å². The third-order valence-corrected chi connectivity index (χ3v) is 8.08. The standard InChI is InChI=1S/C33H44N2O/c1-7-12-24(13-8-2)30(25-14-10-9-11-15-25)32-31(26-18-20-35(32)21-19-26)34-23-27-22-28(33(3,4)5)16-17-29(27)36-6/h7-17,22,26,30-32,34H,1,18-21,23H2,2-6H3/b13-8-,24-12+. The molecule has 0 amide bonds. The lowest BCUT2D eigenvalue weighted by Crippen LogP contribution is -2.64. The first kappa shape index (κ1) is 26.4. The predicted molar refractivity (Wildman–Crippen MR) is 153 cm³/mol. The minimum Gasteiger partial charge on any atom is -0.496 e. The second-order valence-electron chi connectivity index (χ2n) is 11.3. The Morgan fingerprint density at radius 1 is 1.14 bits per heavy atom. The number of nitrogens with one attached hydrogen (secondary N) is 1.